The summed E-state index contributed by atoms with van der Waals surface area (Å²) >= 11 is 0. The van der Waals surface area contributed by atoms with Crippen molar-refractivity contribution in [2.24, 2.45) is 7.05 Å². The Morgan fingerprint density at radius 3 is 2.48 bits per heavy atom. The van der Waals surface area contributed by atoms with Gasteiger partial charge in [0.15, 0.2) is 0 Å². The molecule has 0 fully saturated rings. The number of nitrogens with zero attached hydrogens (tertiary/aromatic N) is 3. The van der Waals surface area contributed by atoms with E-state index in [0.717, 1.165) is 7.05 Å². The first kappa shape index (κ1) is 18.5. The van der Waals surface area contributed by atoms with Crippen molar-refractivity contribution in [2.75, 3.05) is 13.7 Å². The summed E-state index contributed by atoms with van der Waals surface area (Å²) in [5.74, 6) is 0. The maximum Gasteiger partial charge on any atom is 0.431 e. The zero-order valence-corrected chi connectivity index (χ0v) is 13.4. The van der Waals surface area contributed by atoms with Gasteiger partial charge in [0.1, 0.15) is 5.69 Å². The second-order valence-electron chi connectivity index (χ2n) is 5.24. The van der Waals surface area contributed by atoms with Crippen molar-refractivity contribution < 1.29 is 17.9 Å². The third kappa shape index (κ3) is 3.64. The van der Waals surface area contributed by atoms with Crippen molar-refractivity contribution in [3.8, 4) is 11.8 Å². The minimum absolute atomic E-state index is 0.0874. The lowest BCUT2D eigenvalue weighted by atomic mass is 10.0. The molecule has 6 nitrogen and oxygen atoms in total. The van der Waals surface area contributed by atoms with E-state index in [1.807, 2.05) is 6.07 Å². The molecule has 1 heterocycles. The summed E-state index contributed by atoms with van der Waals surface area (Å²) in [5.41, 5.74) is -2.61. The number of hydrogen-bond acceptors (Lipinski definition) is 4. The predicted octanol–water partition coefficient (Wildman–Crippen LogP) is 1.62. The lowest BCUT2D eigenvalue weighted by molar-refractivity contribution is -0.144. The van der Waals surface area contributed by atoms with Crippen LogP contribution in [-0.4, -0.2) is 22.9 Å². The number of halogens is 3. The van der Waals surface area contributed by atoms with Gasteiger partial charge in [-0.15, -0.1) is 0 Å². The van der Waals surface area contributed by atoms with E-state index < -0.39 is 23.1 Å². The van der Waals surface area contributed by atoms with Gasteiger partial charge >= 0.3 is 11.9 Å². The third-order valence-corrected chi connectivity index (χ3v) is 3.65. The SMILES string of the molecule is COCCc1cc(-n2c(=O)cc(C(F)(F)F)n(C)c2=O)ccc1C#N. The number of rotatable bonds is 4. The van der Waals surface area contributed by atoms with E-state index in [9.17, 15) is 22.8 Å². The number of ether oxygens (including phenoxy) is 1. The summed E-state index contributed by atoms with van der Waals surface area (Å²) in [6.07, 6.45) is -4.47. The number of benzene rings is 1. The fourth-order valence-electron chi connectivity index (χ4n) is 2.38. The molecule has 2 aromatic rings. The van der Waals surface area contributed by atoms with Crippen LogP contribution in [0.1, 0.15) is 16.8 Å². The summed E-state index contributed by atoms with van der Waals surface area (Å²) in [6.45, 7) is 0.304. The van der Waals surface area contributed by atoms with Crippen LogP contribution in [0.15, 0.2) is 33.9 Å². The van der Waals surface area contributed by atoms with Gasteiger partial charge in [-0.3, -0.25) is 9.36 Å². The van der Waals surface area contributed by atoms with E-state index in [1.54, 1.807) is 0 Å². The highest BCUT2D eigenvalue weighted by atomic mass is 19.4. The molecular weight excluding hydrogens is 339 g/mol. The molecule has 132 valence electrons. The molecule has 0 radical (unpaired) electrons. The van der Waals surface area contributed by atoms with Crippen LogP contribution in [0.3, 0.4) is 0 Å². The Hall–Kier alpha value is -2.86. The summed E-state index contributed by atoms with van der Waals surface area (Å²) in [4.78, 5) is 24.4. The van der Waals surface area contributed by atoms with E-state index in [4.69, 9.17) is 10.00 Å². The molecule has 0 spiro atoms. The lowest BCUT2D eigenvalue weighted by Crippen LogP contribution is -2.40. The molecule has 0 aliphatic rings. The topological polar surface area (TPSA) is 77.0 Å². The maximum atomic E-state index is 12.9. The van der Waals surface area contributed by atoms with Crippen molar-refractivity contribution in [1.29, 1.82) is 5.26 Å². The molecule has 0 aliphatic heterocycles. The van der Waals surface area contributed by atoms with Crippen molar-refractivity contribution >= 4 is 0 Å². The number of alkyl halides is 3. The summed E-state index contributed by atoms with van der Waals surface area (Å²) in [6, 6.07) is 6.52. The summed E-state index contributed by atoms with van der Waals surface area (Å²) in [7, 11) is 2.42. The smallest absolute Gasteiger partial charge is 0.384 e. The minimum atomic E-state index is -4.82. The van der Waals surface area contributed by atoms with Gasteiger partial charge in [-0.05, 0) is 30.2 Å². The molecule has 2 rings (SSSR count). The Labute approximate surface area is 140 Å². The average Bonchev–Trinajstić information content (AvgIpc) is 2.55. The maximum absolute atomic E-state index is 12.9. The van der Waals surface area contributed by atoms with Crippen LogP contribution in [0.25, 0.3) is 5.69 Å². The molecule has 1 aromatic heterocycles. The van der Waals surface area contributed by atoms with Crippen LogP contribution >= 0.6 is 0 Å². The number of hydrogen-bond donors (Lipinski definition) is 0. The van der Waals surface area contributed by atoms with Crippen molar-refractivity contribution in [1.82, 2.24) is 9.13 Å². The molecule has 0 amide bonds. The van der Waals surface area contributed by atoms with Gasteiger partial charge < -0.3 is 4.74 Å². The van der Waals surface area contributed by atoms with E-state index in [1.165, 1.54) is 25.3 Å². The monoisotopic (exact) mass is 353 g/mol. The molecule has 1 aromatic carbocycles. The van der Waals surface area contributed by atoms with Crippen molar-refractivity contribution in [3.05, 3.63) is 61.9 Å². The van der Waals surface area contributed by atoms with Crippen LogP contribution in [0.5, 0.6) is 0 Å². The van der Waals surface area contributed by atoms with Crippen LogP contribution < -0.4 is 11.2 Å². The largest absolute Gasteiger partial charge is 0.431 e. The van der Waals surface area contributed by atoms with Gasteiger partial charge in [0.2, 0.25) is 0 Å². The first-order chi connectivity index (χ1) is 11.7. The highest BCUT2D eigenvalue weighted by Gasteiger charge is 2.35. The lowest BCUT2D eigenvalue weighted by Gasteiger charge is -2.14. The normalized spacial score (nSPS) is 11.4. The Bertz CT molecular complexity index is 952. The molecule has 0 saturated heterocycles. The highest BCUT2D eigenvalue weighted by Crippen LogP contribution is 2.27. The van der Waals surface area contributed by atoms with Crippen LogP contribution in [0.4, 0.5) is 13.2 Å². The van der Waals surface area contributed by atoms with Gasteiger partial charge in [0.25, 0.3) is 5.56 Å². The number of nitriles is 1. The Morgan fingerprint density at radius 2 is 1.92 bits per heavy atom. The molecule has 0 bridgehead atoms. The quantitative estimate of drug-likeness (QED) is 0.837. The van der Waals surface area contributed by atoms with E-state index in [-0.39, 0.29) is 5.69 Å². The van der Waals surface area contributed by atoms with Crippen LogP contribution in [-0.2, 0) is 24.4 Å². The first-order valence-electron chi connectivity index (χ1n) is 7.13. The first-order valence-corrected chi connectivity index (χ1v) is 7.13. The van der Waals surface area contributed by atoms with E-state index >= 15 is 0 Å². The van der Waals surface area contributed by atoms with Crippen LogP contribution in [0, 0.1) is 11.3 Å². The number of methoxy groups -OCH3 is 1. The predicted molar refractivity (Wildman–Crippen MR) is 82.6 cm³/mol. The van der Waals surface area contributed by atoms with Crippen molar-refractivity contribution in [3.63, 3.8) is 0 Å². The summed E-state index contributed by atoms with van der Waals surface area (Å²) < 4.78 is 44.6. The molecule has 0 N–H and O–H groups in total. The standard InChI is InChI=1S/C16H14F3N3O3/c1-21-13(16(17,18)19)8-14(23)22(15(21)24)12-4-3-11(9-20)10(7-12)5-6-25-2/h3-4,7-8H,5-6H2,1-2H3. The second kappa shape index (κ2) is 6.94. The Morgan fingerprint density at radius 1 is 1.24 bits per heavy atom. The zero-order valence-electron chi connectivity index (χ0n) is 13.4. The van der Waals surface area contributed by atoms with E-state index in [2.05, 4.69) is 0 Å². The van der Waals surface area contributed by atoms with Gasteiger partial charge in [-0.1, -0.05) is 0 Å². The molecule has 0 unspecified atom stereocenters. The van der Waals surface area contributed by atoms with Gasteiger partial charge in [-0.2, -0.15) is 18.4 Å². The van der Waals surface area contributed by atoms with Crippen LogP contribution in [0.2, 0.25) is 0 Å². The fraction of sp³-hybridized carbons (Fsp3) is 0.312. The highest BCUT2D eigenvalue weighted by molar-refractivity contribution is 5.46. The number of aromatic nitrogens is 2. The molecule has 0 atom stereocenters. The minimum Gasteiger partial charge on any atom is -0.384 e. The molecule has 0 saturated carbocycles. The summed E-state index contributed by atoms with van der Waals surface area (Å²) in [5, 5.41) is 9.11. The molecular formula is C16H14F3N3O3. The third-order valence-electron chi connectivity index (χ3n) is 3.65. The van der Waals surface area contributed by atoms with Gasteiger partial charge in [0, 0.05) is 20.2 Å². The van der Waals surface area contributed by atoms with Gasteiger partial charge in [0.05, 0.1) is 23.9 Å². The molecule has 25 heavy (non-hydrogen) atoms. The fourth-order valence-corrected chi connectivity index (χ4v) is 2.38. The average molecular weight is 353 g/mol. The van der Waals surface area contributed by atoms with Gasteiger partial charge in [-0.25, -0.2) is 9.36 Å². The zero-order chi connectivity index (χ0) is 18.8. The van der Waals surface area contributed by atoms with E-state index in [0.29, 0.717) is 39.4 Å². The Kier molecular flexibility index (Phi) is 5.13. The molecule has 0 aliphatic carbocycles. The second-order valence-corrected chi connectivity index (χ2v) is 5.24. The Balaban J connectivity index is 2.68. The molecule has 9 heteroatoms. The van der Waals surface area contributed by atoms with Crippen molar-refractivity contribution in [2.45, 2.75) is 12.6 Å².